The lowest BCUT2D eigenvalue weighted by molar-refractivity contribution is -0.115. The number of carbonyl (C=O) groups excluding carboxylic acids is 1. The van der Waals surface area contributed by atoms with Gasteiger partial charge in [0, 0.05) is 43.2 Å². The molecule has 236 valence electrons. The topological polar surface area (TPSA) is 32.7 Å². The SMILES string of the molecule is CCCC1=CCCC(c2ccc(C3=CCC4=CN=CC=C(N5CC/C=C(\C(=O)CC6=CCCCCC6)CCC5)C4=C3)cc2)CC1. The van der Waals surface area contributed by atoms with Crippen LogP contribution in [0.15, 0.2) is 105 Å². The van der Waals surface area contributed by atoms with Crippen molar-refractivity contribution in [2.45, 2.75) is 116 Å². The van der Waals surface area contributed by atoms with Gasteiger partial charge in [0.15, 0.2) is 5.78 Å². The smallest absolute Gasteiger partial charge is 0.162 e. The number of nitrogens with zero attached hydrogens (tertiary/aromatic N) is 2. The maximum atomic E-state index is 13.2. The summed E-state index contributed by atoms with van der Waals surface area (Å²) in [5, 5.41) is 0. The van der Waals surface area contributed by atoms with Gasteiger partial charge >= 0.3 is 0 Å². The summed E-state index contributed by atoms with van der Waals surface area (Å²) in [6.45, 7) is 4.18. The Kier molecular flexibility index (Phi) is 11.0. The van der Waals surface area contributed by atoms with E-state index in [1.54, 1.807) is 5.57 Å². The van der Waals surface area contributed by atoms with Crippen molar-refractivity contribution in [1.29, 1.82) is 0 Å². The Morgan fingerprint density at radius 1 is 0.867 bits per heavy atom. The zero-order valence-electron chi connectivity index (χ0n) is 27.5. The molecular weight excluding hydrogens is 548 g/mol. The number of benzene rings is 1. The lowest BCUT2D eigenvalue weighted by atomic mass is 9.86. The maximum Gasteiger partial charge on any atom is 0.162 e. The van der Waals surface area contributed by atoms with Crippen LogP contribution in [0.5, 0.6) is 0 Å². The molecule has 0 fully saturated rings. The van der Waals surface area contributed by atoms with Crippen LogP contribution >= 0.6 is 0 Å². The molecule has 0 amide bonds. The van der Waals surface area contributed by atoms with Crippen molar-refractivity contribution in [2.24, 2.45) is 4.99 Å². The number of carbonyl (C=O) groups is 1. The van der Waals surface area contributed by atoms with Gasteiger partial charge in [-0.1, -0.05) is 79.5 Å². The van der Waals surface area contributed by atoms with E-state index in [9.17, 15) is 4.79 Å². The summed E-state index contributed by atoms with van der Waals surface area (Å²) in [6.07, 6.45) is 35.9. The summed E-state index contributed by atoms with van der Waals surface area (Å²) in [5.41, 5.74) is 12.1. The van der Waals surface area contributed by atoms with Crippen molar-refractivity contribution in [3.05, 3.63) is 112 Å². The van der Waals surface area contributed by atoms with E-state index in [0.717, 1.165) is 57.2 Å². The first-order valence-electron chi connectivity index (χ1n) is 18.0. The molecule has 1 aromatic carbocycles. The first kappa shape index (κ1) is 31.5. The zero-order chi connectivity index (χ0) is 30.8. The Morgan fingerprint density at radius 3 is 2.64 bits per heavy atom. The van der Waals surface area contributed by atoms with Crippen molar-refractivity contribution >= 4 is 17.6 Å². The van der Waals surface area contributed by atoms with Gasteiger partial charge in [-0.15, -0.1) is 0 Å². The number of allylic oxidation sites excluding steroid dienone is 10. The van der Waals surface area contributed by atoms with Gasteiger partial charge in [-0.2, -0.15) is 0 Å². The second-order valence-corrected chi connectivity index (χ2v) is 13.6. The highest BCUT2D eigenvalue weighted by molar-refractivity contribution is 5.96. The summed E-state index contributed by atoms with van der Waals surface area (Å²) in [4.78, 5) is 20.3. The zero-order valence-corrected chi connectivity index (χ0v) is 27.5. The molecule has 6 rings (SSSR count). The summed E-state index contributed by atoms with van der Waals surface area (Å²) in [6, 6.07) is 9.47. The van der Waals surface area contributed by atoms with Crippen LogP contribution in [0, 0.1) is 0 Å². The van der Waals surface area contributed by atoms with Crippen molar-refractivity contribution in [1.82, 2.24) is 4.90 Å². The van der Waals surface area contributed by atoms with Gasteiger partial charge in [0.05, 0.1) is 0 Å². The molecule has 45 heavy (non-hydrogen) atoms. The minimum absolute atomic E-state index is 0.357. The van der Waals surface area contributed by atoms with Gasteiger partial charge in [0.2, 0.25) is 0 Å². The third-order valence-corrected chi connectivity index (χ3v) is 10.4. The quantitative estimate of drug-likeness (QED) is 0.278. The molecule has 0 bridgehead atoms. The molecule has 5 aliphatic rings. The Morgan fingerprint density at radius 2 is 1.76 bits per heavy atom. The summed E-state index contributed by atoms with van der Waals surface area (Å²) in [5.74, 6) is 1.02. The number of hydrogen-bond acceptors (Lipinski definition) is 3. The third kappa shape index (κ3) is 8.23. The van der Waals surface area contributed by atoms with Gasteiger partial charge < -0.3 is 4.90 Å². The summed E-state index contributed by atoms with van der Waals surface area (Å²) < 4.78 is 0. The van der Waals surface area contributed by atoms with E-state index in [0.29, 0.717) is 18.1 Å². The fourth-order valence-corrected chi connectivity index (χ4v) is 7.86. The standard InChI is InChI=1S/C42H52N2O/c1-2-10-32-13-7-14-34(18-17-32)35-19-21-36(22-20-35)38-23-24-39-31-43-26-25-41(40(39)30-38)44-27-8-15-37(16-9-28-44)42(45)29-33-11-5-3-4-6-12-33/h11,13,15,19-23,25-26,30-31,34H,2-10,12,14,16-18,24,27-29H2,1H3/b37-15-. The third-order valence-electron chi connectivity index (χ3n) is 10.4. The van der Waals surface area contributed by atoms with Gasteiger partial charge in [0.1, 0.15) is 0 Å². The van der Waals surface area contributed by atoms with Gasteiger partial charge in [-0.25, -0.2) is 0 Å². The first-order valence-corrected chi connectivity index (χ1v) is 18.0. The Hall–Kier alpha value is -3.46. The van der Waals surface area contributed by atoms with E-state index < -0.39 is 0 Å². The van der Waals surface area contributed by atoms with E-state index in [-0.39, 0.29) is 0 Å². The van der Waals surface area contributed by atoms with E-state index in [1.807, 2.05) is 12.4 Å². The number of rotatable bonds is 8. The van der Waals surface area contributed by atoms with E-state index >= 15 is 0 Å². The number of fused-ring (bicyclic) bond motifs is 1. The van der Waals surface area contributed by atoms with E-state index in [1.165, 1.54) is 96.9 Å². The van der Waals surface area contributed by atoms with Crippen molar-refractivity contribution in [3.8, 4) is 0 Å². The van der Waals surface area contributed by atoms with Crippen LogP contribution in [0.1, 0.15) is 127 Å². The van der Waals surface area contributed by atoms with Gasteiger partial charge in [-0.05, 0) is 129 Å². The van der Waals surface area contributed by atoms with Crippen molar-refractivity contribution in [3.63, 3.8) is 0 Å². The second kappa shape index (κ2) is 15.7. The molecule has 0 saturated heterocycles. The lowest BCUT2D eigenvalue weighted by Crippen LogP contribution is -2.28. The van der Waals surface area contributed by atoms with E-state index in [4.69, 9.17) is 0 Å². The van der Waals surface area contributed by atoms with Crippen LogP contribution in [-0.2, 0) is 4.79 Å². The lowest BCUT2D eigenvalue weighted by Gasteiger charge is -2.31. The van der Waals surface area contributed by atoms with Crippen LogP contribution in [0.3, 0.4) is 0 Å². The average Bonchev–Trinajstić information content (AvgIpc) is 3.53. The fourth-order valence-electron chi connectivity index (χ4n) is 7.86. The van der Waals surface area contributed by atoms with Crippen LogP contribution in [0.4, 0.5) is 0 Å². The van der Waals surface area contributed by atoms with Crippen molar-refractivity contribution in [2.75, 3.05) is 13.1 Å². The highest BCUT2D eigenvalue weighted by Crippen LogP contribution is 2.37. The molecule has 1 atom stereocenters. The summed E-state index contributed by atoms with van der Waals surface area (Å²) >= 11 is 0. The Labute approximate surface area is 272 Å². The average molecular weight is 601 g/mol. The molecular formula is C42H52N2O. The number of aliphatic imine (C=N–C) groups is 1. The van der Waals surface area contributed by atoms with Crippen LogP contribution in [-0.4, -0.2) is 30.0 Å². The normalized spacial score (nSPS) is 24.0. The minimum Gasteiger partial charge on any atom is -0.371 e. The Bertz CT molecular complexity index is 1470. The Balaban J connectivity index is 1.12. The molecule has 2 aliphatic heterocycles. The van der Waals surface area contributed by atoms with Gasteiger partial charge in [-0.3, -0.25) is 9.79 Å². The predicted octanol–water partition coefficient (Wildman–Crippen LogP) is 10.9. The second-order valence-electron chi connectivity index (χ2n) is 13.6. The van der Waals surface area contributed by atoms with Gasteiger partial charge in [0.25, 0.3) is 0 Å². The molecule has 3 aliphatic carbocycles. The molecule has 1 aromatic rings. The number of ketones is 1. The van der Waals surface area contributed by atoms with Crippen LogP contribution in [0.2, 0.25) is 0 Å². The van der Waals surface area contributed by atoms with Crippen molar-refractivity contribution < 1.29 is 4.79 Å². The van der Waals surface area contributed by atoms with E-state index in [2.05, 4.69) is 77.5 Å². The summed E-state index contributed by atoms with van der Waals surface area (Å²) in [7, 11) is 0. The molecule has 0 saturated carbocycles. The predicted molar refractivity (Wildman–Crippen MR) is 190 cm³/mol. The molecule has 3 heteroatoms. The molecule has 3 nitrogen and oxygen atoms in total. The van der Waals surface area contributed by atoms with Crippen LogP contribution < -0.4 is 0 Å². The molecule has 0 spiro atoms. The molecule has 1 unspecified atom stereocenters. The first-order chi connectivity index (χ1) is 22.2. The monoisotopic (exact) mass is 600 g/mol. The molecule has 0 radical (unpaired) electrons. The fraction of sp³-hybridized carbons (Fsp3) is 0.476. The maximum absolute atomic E-state index is 13.2. The molecule has 0 aromatic heterocycles. The minimum atomic E-state index is 0.357. The molecule has 0 N–H and O–H groups in total. The largest absolute Gasteiger partial charge is 0.371 e. The highest BCUT2D eigenvalue weighted by Gasteiger charge is 2.23. The number of hydrogen-bond donors (Lipinski definition) is 0. The molecule has 2 heterocycles. The van der Waals surface area contributed by atoms with Crippen LogP contribution in [0.25, 0.3) is 5.57 Å². The highest BCUT2D eigenvalue weighted by atomic mass is 16.1. The number of Topliss-reactive ketones (excluding diaryl/α,β-unsaturated/α-hetero) is 1.